The Morgan fingerprint density at radius 2 is 1.96 bits per heavy atom. The van der Waals surface area contributed by atoms with E-state index in [0.717, 1.165) is 22.5 Å². The van der Waals surface area contributed by atoms with Crippen molar-refractivity contribution in [2.45, 2.75) is 18.3 Å². The maximum Gasteiger partial charge on any atom is 0.435 e. The van der Waals surface area contributed by atoms with Gasteiger partial charge in [-0.1, -0.05) is 0 Å². The Morgan fingerprint density at radius 1 is 1.14 bits per heavy atom. The van der Waals surface area contributed by atoms with E-state index in [1.54, 1.807) is 18.3 Å². The van der Waals surface area contributed by atoms with Gasteiger partial charge < -0.3 is 0 Å². The van der Waals surface area contributed by atoms with E-state index in [2.05, 4.69) is 25.4 Å². The van der Waals surface area contributed by atoms with E-state index in [1.165, 1.54) is 0 Å². The van der Waals surface area contributed by atoms with Crippen LogP contribution in [-0.2, 0) is 28.2 Å². The molecule has 4 heterocycles. The van der Waals surface area contributed by atoms with E-state index in [-0.39, 0.29) is 29.2 Å². The Kier molecular flexibility index (Phi) is 3.39. The Labute approximate surface area is 155 Å². The van der Waals surface area contributed by atoms with Crippen molar-refractivity contribution >= 4 is 31.6 Å². The van der Waals surface area contributed by atoms with Crippen molar-refractivity contribution < 1.29 is 21.6 Å². The third kappa shape index (κ3) is 2.49. The van der Waals surface area contributed by atoms with E-state index in [0.29, 0.717) is 16.6 Å². The molecule has 7 nitrogen and oxygen atoms in total. The number of hydrogen-bond acceptors (Lipinski definition) is 5. The van der Waals surface area contributed by atoms with E-state index >= 15 is 0 Å². The fraction of sp³-hybridized carbons (Fsp3) is 0.235. The smallest absolute Gasteiger partial charge is 0.284 e. The van der Waals surface area contributed by atoms with Crippen LogP contribution in [0.5, 0.6) is 0 Å². The standard InChI is InChI=1S/C17H12F3N5O2S/c18-17(19,20)16-10(6-22-25-16)15-11-7-28(26,27)4-3-8(11)14-9-5-21-24-12(9)1-2-13(14)23-15/h1-2,5-6H,3-4,7H2,(H,21,24)(H,22,25). The van der Waals surface area contributed by atoms with E-state index in [1.807, 2.05) is 0 Å². The number of benzene rings is 1. The van der Waals surface area contributed by atoms with Gasteiger partial charge in [0.15, 0.2) is 15.5 Å². The van der Waals surface area contributed by atoms with Gasteiger partial charge in [-0.05, 0) is 29.7 Å². The number of nitrogens with one attached hydrogen (secondary N) is 2. The normalized spacial score (nSPS) is 16.5. The summed E-state index contributed by atoms with van der Waals surface area (Å²) in [4.78, 5) is 4.43. The average molecular weight is 407 g/mol. The maximum atomic E-state index is 13.4. The van der Waals surface area contributed by atoms with Crippen molar-refractivity contribution in [3.63, 3.8) is 0 Å². The minimum Gasteiger partial charge on any atom is -0.284 e. The molecule has 1 aliphatic rings. The molecule has 3 aromatic heterocycles. The molecular weight excluding hydrogens is 395 g/mol. The van der Waals surface area contributed by atoms with Crippen LogP contribution in [0.25, 0.3) is 33.1 Å². The van der Waals surface area contributed by atoms with Crippen molar-refractivity contribution in [2.75, 3.05) is 5.75 Å². The van der Waals surface area contributed by atoms with Crippen LogP contribution in [0.2, 0.25) is 0 Å². The van der Waals surface area contributed by atoms with Crippen molar-refractivity contribution in [1.82, 2.24) is 25.4 Å². The van der Waals surface area contributed by atoms with Gasteiger partial charge in [0.05, 0.1) is 40.0 Å². The molecule has 1 aliphatic heterocycles. The summed E-state index contributed by atoms with van der Waals surface area (Å²) in [6.45, 7) is 0. The molecule has 11 heteroatoms. The first-order valence-electron chi connectivity index (χ1n) is 8.34. The molecule has 2 N–H and O–H groups in total. The molecule has 0 saturated carbocycles. The summed E-state index contributed by atoms with van der Waals surface area (Å²) in [5.74, 6) is -0.429. The molecule has 0 bridgehead atoms. The number of rotatable bonds is 1. The summed E-state index contributed by atoms with van der Waals surface area (Å²) >= 11 is 0. The lowest BCUT2D eigenvalue weighted by Crippen LogP contribution is -2.21. The third-order valence-electron chi connectivity index (χ3n) is 4.98. The first kappa shape index (κ1) is 17.2. The summed E-state index contributed by atoms with van der Waals surface area (Å²) in [5, 5.41) is 13.9. The van der Waals surface area contributed by atoms with Crippen LogP contribution in [0, 0.1) is 0 Å². The highest BCUT2D eigenvalue weighted by Crippen LogP contribution is 2.41. The second kappa shape index (κ2) is 5.53. The molecule has 0 radical (unpaired) electrons. The highest BCUT2D eigenvalue weighted by atomic mass is 32.2. The van der Waals surface area contributed by atoms with Gasteiger partial charge in [0, 0.05) is 17.0 Å². The molecule has 1 aromatic carbocycles. The molecule has 5 rings (SSSR count). The molecule has 0 saturated heterocycles. The molecule has 0 fully saturated rings. The van der Waals surface area contributed by atoms with E-state index in [9.17, 15) is 21.6 Å². The summed E-state index contributed by atoms with van der Waals surface area (Å²) < 4.78 is 64.7. The Hall–Kier alpha value is -2.95. The quantitative estimate of drug-likeness (QED) is 0.505. The number of fused-ring (bicyclic) bond motifs is 5. The predicted octanol–water partition coefficient (Wildman–Crippen LogP) is 2.99. The van der Waals surface area contributed by atoms with Crippen molar-refractivity contribution in [3.8, 4) is 11.3 Å². The molecule has 0 unspecified atom stereocenters. The summed E-state index contributed by atoms with van der Waals surface area (Å²) in [6.07, 6.45) is -1.77. The highest BCUT2D eigenvalue weighted by Gasteiger charge is 2.39. The lowest BCUT2D eigenvalue weighted by molar-refractivity contribution is -0.140. The fourth-order valence-corrected chi connectivity index (χ4v) is 5.20. The van der Waals surface area contributed by atoms with Gasteiger partial charge in [-0.15, -0.1) is 0 Å². The zero-order valence-electron chi connectivity index (χ0n) is 14.1. The summed E-state index contributed by atoms with van der Waals surface area (Å²) in [6, 6.07) is 3.43. The number of pyridine rings is 1. The number of aryl methyl sites for hydroxylation is 1. The van der Waals surface area contributed by atoms with Gasteiger partial charge in [-0.3, -0.25) is 10.2 Å². The number of H-pyrrole nitrogens is 2. The van der Waals surface area contributed by atoms with Gasteiger partial charge in [-0.2, -0.15) is 23.4 Å². The molecule has 0 atom stereocenters. The summed E-state index contributed by atoms with van der Waals surface area (Å²) in [5.41, 5.74) is 0.836. The molecule has 4 aromatic rings. The lowest BCUT2D eigenvalue weighted by Gasteiger charge is -2.22. The molecular formula is C17H12F3N5O2S. The second-order valence-corrected chi connectivity index (χ2v) is 8.88. The van der Waals surface area contributed by atoms with Gasteiger partial charge in [0.1, 0.15) is 0 Å². The van der Waals surface area contributed by atoms with Gasteiger partial charge >= 0.3 is 6.18 Å². The third-order valence-corrected chi connectivity index (χ3v) is 6.53. The van der Waals surface area contributed by atoms with Crippen molar-refractivity contribution in [3.05, 3.63) is 41.3 Å². The highest BCUT2D eigenvalue weighted by molar-refractivity contribution is 7.90. The first-order valence-corrected chi connectivity index (χ1v) is 10.2. The van der Waals surface area contributed by atoms with Gasteiger partial charge in [-0.25, -0.2) is 13.4 Å². The molecule has 0 spiro atoms. The zero-order valence-corrected chi connectivity index (χ0v) is 14.9. The van der Waals surface area contributed by atoms with Gasteiger partial charge in [0.25, 0.3) is 0 Å². The van der Waals surface area contributed by atoms with Crippen LogP contribution in [0.15, 0.2) is 24.5 Å². The Bertz CT molecular complexity index is 1350. The largest absolute Gasteiger partial charge is 0.435 e. The lowest BCUT2D eigenvalue weighted by atomic mass is 9.94. The van der Waals surface area contributed by atoms with Crippen LogP contribution in [0.1, 0.15) is 16.8 Å². The van der Waals surface area contributed by atoms with Crippen LogP contribution >= 0.6 is 0 Å². The van der Waals surface area contributed by atoms with Crippen molar-refractivity contribution in [1.29, 1.82) is 0 Å². The molecule has 144 valence electrons. The SMILES string of the molecule is O=S1(=O)CCc2c(c(-c3c[nH]nc3C(F)(F)F)nc3ccc4[nH]ncc4c23)C1. The zero-order chi connectivity index (χ0) is 19.7. The summed E-state index contributed by atoms with van der Waals surface area (Å²) in [7, 11) is -3.44. The Balaban J connectivity index is 1.91. The number of aromatic amines is 2. The van der Waals surface area contributed by atoms with Crippen molar-refractivity contribution in [2.24, 2.45) is 0 Å². The topological polar surface area (TPSA) is 104 Å². The van der Waals surface area contributed by atoms with Crippen LogP contribution < -0.4 is 0 Å². The minimum absolute atomic E-state index is 0.00491. The fourth-order valence-electron chi connectivity index (χ4n) is 3.79. The number of alkyl halides is 3. The number of nitrogens with zero attached hydrogens (tertiary/aromatic N) is 3. The number of sulfone groups is 1. The number of aromatic nitrogens is 5. The average Bonchev–Trinajstić information content (AvgIpc) is 3.28. The molecule has 0 amide bonds. The first-order chi connectivity index (χ1) is 13.2. The molecule has 0 aliphatic carbocycles. The van der Waals surface area contributed by atoms with Crippen LogP contribution in [0.3, 0.4) is 0 Å². The predicted molar refractivity (Wildman–Crippen MR) is 95.2 cm³/mol. The number of halogens is 3. The monoisotopic (exact) mass is 407 g/mol. The second-order valence-electron chi connectivity index (χ2n) is 6.70. The van der Waals surface area contributed by atoms with Crippen LogP contribution in [0.4, 0.5) is 13.2 Å². The number of hydrogen-bond donors (Lipinski definition) is 2. The minimum atomic E-state index is -4.69. The molecule has 28 heavy (non-hydrogen) atoms. The van der Waals surface area contributed by atoms with Crippen LogP contribution in [-0.4, -0.2) is 39.5 Å². The Morgan fingerprint density at radius 3 is 2.75 bits per heavy atom. The maximum absolute atomic E-state index is 13.4. The van der Waals surface area contributed by atoms with Gasteiger partial charge in [0.2, 0.25) is 0 Å². The van der Waals surface area contributed by atoms with E-state index in [4.69, 9.17) is 0 Å². The van der Waals surface area contributed by atoms with E-state index < -0.39 is 21.7 Å².